The van der Waals surface area contributed by atoms with Gasteiger partial charge in [0, 0.05) is 110 Å². The highest BCUT2D eigenvalue weighted by atomic mass is 35.5. The summed E-state index contributed by atoms with van der Waals surface area (Å²) in [6, 6.07) is 20.6. The van der Waals surface area contributed by atoms with Crippen molar-refractivity contribution >= 4 is 69.8 Å². The highest BCUT2D eigenvalue weighted by Gasteiger charge is 2.62. The molecule has 384 valence electrons. The molecule has 5 fully saturated rings. The first kappa shape index (κ1) is 49.5. The van der Waals surface area contributed by atoms with E-state index in [1.807, 2.05) is 35.2 Å². The first-order valence-corrected chi connectivity index (χ1v) is 26.5. The molecule has 7 aliphatic rings. The van der Waals surface area contributed by atoms with Crippen LogP contribution in [0.15, 0.2) is 72.8 Å². The molecule has 14 nitrogen and oxygen atoms in total. The first-order valence-electron chi connectivity index (χ1n) is 25.7. The highest BCUT2D eigenvalue weighted by molar-refractivity contribution is 6.31. The van der Waals surface area contributed by atoms with Crippen LogP contribution in [0.3, 0.4) is 0 Å². The number of anilines is 3. The van der Waals surface area contributed by atoms with Crippen molar-refractivity contribution in [2.24, 2.45) is 10.8 Å². The van der Waals surface area contributed by atoms with E-state index in [-0.39, 0.29) is 51.9 Å². The van der Waals surface area contributed by atoms with Crippen molar-refractivity contribution in [1.82, 2.24) is 25.3 Å². The Labute approximate surface area is 435 Å². The van der Waals surface area contributed by atoms with E-state index in [2.05, 4.69) is 57.9 Å². The molecule has 1 saturated carbocycles. The SMILES string of the molecule is COc1cc(C(=O)N2CCC3(CC2)CC(N2CCN(c4ccc5c(c4)CN(C4CCC(=O)NC4=O)C5=O)CC2)C3)ccc1NC(=O)[C@@H]1N[C@@H](CC(C)(C)C)[C@@]2(CNc3cc(Cl)ccc32)[C@H]1c1cccc(Cl)c1F. The number of amides is 5. The Morgan fingerprint density at radius 3 is 2.41 bits per heavy atom. The van der Waals surface area contributed by atoms with Gasteiger partial charge in [0.25, 0.3) is 11.8 Å². The number of nitrogens with one attached hydrogen (secondary N) is 4. The van der Waals surface area contributed by atoms with Crippen LogP contribution in [-0.2, 0) is 26.3 Å². The fraction of sp³-hybridized carbons (Fsp3) is 0.482. The van der Waals surface area contributed by atoms with Gasteiger partial charge in [-0.3, -0.25) is 34.2 Å². The van der Waals surface area contributed by atoms with Gasteiger partial charge < -0.3 is 35.4 Å². The van der Waals surface area contributed by atoms with Crippen molar-refractivity contribution < 1.29 is 33.1 Å². The van der Waals surface area contributed by atoms with Crippen LogP contribution in [0.25, 0.3) is 0 Å². The molecule has 0 aromatic heterocycles. The molecule has 11 rings (SSSR count). The maximum absolute atomic E-state index is 16.4. The molecule has 4 aromatic carbocycles. The molecule has 17 heteroatoms. The normalized spacial score (nSPS) is 25.9. The van der Waals surface area contributed by atoms with Gasteiger partial charge in [-0.25, -0.2) is 4.39 Å². The lowest BCUT2D eigenvalue weighted by Crippen LogP contribution is -2.59. The summed E-state index contributed by atoms with van der Waals surface area (Å²) < 4.78 is 22.2. The van der Waals surface area contributed by atoms with Crippen molar-refractivity contribution in [2.75, 3.05) is 68.5 Å². The van der Waals surface area contributed by atoms with Crippen LogP contribution >= 0.6 is 23.2 Å². The Hall–Kier alpha value is -5.74. The van der Waals surface area contributed by atoms with Gasteiger partial charge in [0.2, 0.25) is 17.7 Å². The van der Waals surface area contributed by atoms with Crippen LogP contribution in [0.4, 0.5) is 21.5 Å². The second-order valence-corrected chi connectivity index (χ2v) is 23.5. The van der Waals surface area contributed by atoms with E-state index < -0.39 is 35.1 Å². The lowest BCUT2D eigenvalue weighted by molar-refractivity contribution is -0.137. The molecule has 2 spiro atoms. The Morgan fingerprint density at radius 1 is 0.918 bits per heavy atom. The molecule has 5 amide bonds. The maximum atomic E-state index is 16.4. The van der Waals surface area contributed by atoms with Gasteiger partial charge in [-0.05, 0) is 121 Å². The summed E-state index contributed by atoms with van der Waals surface area (Å²) in [4.78, 5) is 74.9. The van der Waals surface area contributed by atoms with Crippen LogP contribution in [0.2, 0.25) is 10.0 Å². The summed E-state index contributed by atoms with van der Waals surface area (Å²) in [5, 5.41) is 13.3. The van der Waals surface area contributed by atoms with Gasteiger partial charge in [-0.15, -0.1) is 0 Å². The first-order chi connectivity index (χ1) is 34.9. The van der Waals surface area contributed by atoms with E-state index in [4.69, 9.17) is 27.9 Å². The Bertz CT molecular complexity index is 2910. The summed E-state index contributed by atoms with van der Waals surface area (Å²) in [6.45, 7) is 12.3. The van der Waals surface area contributed by atoms with Crippen LogP contribution in [0.5, 0.6) is 5.75 Å². The molecular weight excluding hydrogens is 971 g/mol. The van der Waals surface area contributed by atoms with E-state index in [1.54, 1.807) is 35.2 Å². The number of piperazine rings is 1. The molecule has 0 radical (unpaired) electrons. The quantitative estimate of drug-likeness (QED) is 0.121. The number of benzene rings is 4. The van der Waals surface area contributed by atoms with Gasteiger partial charge >= 0.3 is 0 Å². The van der Waals surface area contributed by atoms with Crippen molar-refractivity contribution in [3.05, 3.63) is 116 Å². The Kier molecular flexibility index (Phi) is 12.8. The monoisotopic (exact) mass is 1030 g/mol. The molecule has 4 saturated heterocycles. The molecule has 5 atom stereocenters. The number of fused-ring (bicyclic) bond motifs is 3. The van der Waals surface area contributed by atoms with Crippen LogP contribution in [-0.4, -0.2) is 121 Å². The van der Waals surface area contributed by atoms with Crippen molar-refractivity contribution in [1.29, 1.82) is 0 Å². The van der Waals surface area contributed by atoms with Gasteiger partial charge in [0.05, 0.1) is 23.9 Å². The minimum absolute atomic E-state index is 0.0131. The predicted octanol–water partition coefficient (Wildman–Crippen LogP) is 7.97. The standard InChI is InChI=1S/C56H63Cl2FN8O6/c1-54(2,3)29-45-56(31-60-42-26-34(57)9-12-39(42)56)47(38-6-5-7-40(58)48(38)59)49(62-45)51(70)61-41-13-8-32(25-44(41)73-4)52(71)66-18-16-55(17-19-66)27-36(28-55)65-22-20-64(21-23-65)35-10-11-37-33(24-35)30-67(53(37)72)43-14-15-46(68)63-50(43)69/h5-13,24-26,36,43,45,47,49,60,62H,14-23,27-31H2,1-4H3,(H,61,70)(H,63,68,69)/t43?,45-,47-,49+,56-/m0/s1. The highest BCUT2D eigenvalue weighted by Crippen LogP contribution is 2.57. The fourth-order valence-corrected chi connectivity index (χ4v) is 13.8. The third kappa shape index (κ3) is 8.91. The largest absolute Gasteiger partial charge is 0.495 e. The number of piperidine rings is 2. The van der Waals surface area contributed by atoms with E-state index in [9.17, 15) is 24.0 Å². The number of ether oxygens (including phenoxy) is 1. The number of carbonyl (C=O) groups excluding carboxylic acids is 5. The number of methoxy groups -OCH3 is 1. The lowest BCUT2D eigenvalue weighted by atomic mass is 9.60. The smallest absolute Gasteiger partial charge is 0.255 e. The van der Waals surface area contributed by atoms with Gasteiger partial charge in [-0.1, -0.05) is 62.2 Å². The van der Waals surface area contributed by atoms with Crippen LogP contribution in [0, 0.1) is 16.6 Å². The zero-order chi connectivity index (χ0) is 51.1. The summed E-state index contributed by atoms with van der Waals surface area (Å²) in [7, 11) is 1.52. The molecular formula is C56H63Cl2FN8O6. The lowest BCUT2D eigenvalue weighted by Gasteiger charge is -2.56. The second kappa shape index (κ2) is 18.9. The third-order valence-corrected chi connectivity index (χ3v) is 17.7. The Morgan fingerprint density at radius 2 is 1.68 bits per heavy atom. The zero-order valence-electron chi connectivity index (χ0n) is 41.8. The number of carbonyl (C=O) groups is 5. The topological polar surface area (TPSA) is 156 Å². The average Bonchev–Trinajstić information content (AvgIpc) is 4.01. The van der Waals surface area contributed by atoms with E-state index in [0.29, 0.717) is 78.2 Å². The molecule has 1 unspecified atom stereocenters. The van der Waals surface area contributed by atoms with Gasteiger partial charge in [0.15, 0.2) is 0 Å². The number of halogens is 3. The van der Waals surface area contributed by atoms with Gasteiger partial charge in [-0.2, -0.15) is 0 Å². The number of rotatable bonds is 9. The maximum Gasteiger partial charge on any atom is 0.255 e. The van der Waals surface area contributed by atoms with E-state index in [0.717, 1.165) is 74.4 Å². The average molecular weight is 1030 g/mol. The van der Waals surface area contributed by atoms with E-state index in [1.165, 1.54) is 13.2 Å². The number of hydrogen-bond donors (Lipinski definition) is 4. The van der Waals surface area contributed by atoms with Gasteiger partial charge in [0.1, 0.15) is 17.6 Å². The van der Waals surface area contributed by atoms with Crippen LogP contribution < -0.4 is 30.9 Å². The molecule has 4 aromatic rings. The van der Waals surface area contributed by atoms with Crippen LogP contribution in [0.1, 0.15) is 109 Å². The second-order valence-electron chi connectivity index (χ2n) is 22.7. The molecule has 0 bridgehead atoms. The van der Waals surface area contributed by atoms with E-state index >= 15 is 4.39 Å². The summed E-state index contributed by atoms with van der Waals surface area (Å²) >= 11 is 12.9. The number of hydrogen-bond acceptors (Lipinski definition) is 10. The summed E-state index contributed by atoms with van der Waals surface area (Å²) in [5.74, 6) is -2.16. The van der Waals surface area contributed by atoms with Crippen molar-refractivity contribution in [2.45, 2.75) is 108 Å². The summed E-state index contributed by atoms with van der Waals surface area (Å²) in [6.07, 6.45) is 5.38. The number of likely N-dealkylation sites (tertiary alicyclic amines) is 1. The predicted molar refractivity (Wildman–Crippen MR) is 279 cm³/mol. The molecule has 6 aliphatic heterocycles. The minimum atomic E-state index is -0.876. The number of imide groups is 1. The summed E-state index contributed by atoms with van der Waals surface area (Å²) in [5.41, 5.74) is 5.01. The van der Waals surface area contributed by atoms with Crippen molar-refractivity contribution in [3.63, 3.8) is 0 Å². The van der Waals surface area contributed by atoms with Crippen molar-refractivity contribution in [3.8, 4) is 5.75 Å². The molecule has 4 N–H and O–H groups in total. The fourth-order valence-electron chi connectivity index (χ4n) is 13.5. The third-order valence-electron chi connectivity index (χ3n) is 17.2. The molecule has 73 heavy (non-hydrogen) atoms. The molecule has 1 aliphatic carbocycles. The zero-order valence-corrected chi connectivity index (χ0v) is 43.3. The number of nitrogens with zero attached hydrogens (tertiary/aromatic N) is 4. The molecule has 6 heterocycles. The minimum Gasteiger partial charge on any atom is -0.495 e. The Balaban J connectivity index is 0.712.